The van der Waals surface area contributed by atoms with E-state index < -0.39 is 12.1 Å². The highest BCUT2D eigenvalue weighted by atomic mass is 16.4. The lowest BCUT2D eigenvalue weighted by molar-refractivity contribution is -0.130. The van der Waals surface area contributed by atoms with Gasteiger partial charge in [-0.15, -0.1) is 10.2 Å². The number of H-pyrrole nitrogens is 1. The molecule has 3 aromatic carbocycles. The smallest absolute Gasteiger partial charge is 0.404 e. The Balaban J connectivity index is 1.13. The zero-order chi connectivity index (χ0) is 38.9. The summed E-state index contributed by atoms with van der Waals surface area (Å²) in [6, 6.07) is 20.7. The van der Waals surface area contributed by atoms with E-state index in [0.717, 1.165) is 66.3 Å². The molecule has 0 saturated heterocycles. The number of carboxylic acid groups (broad SMARTS) is 1. The maximum Gasteiger partial charge on any atom is 0.404 e. The van der Waals surface area contributed by atoms with Crippen LogP contribution in [0.2, 0.25) is 0 Å². The Morgan fingerprint density at radius 2 is 1.55 bits per heavy atom. The monoisotopic (exact) mass is 749 g/mol. The van der Waals surface area contributed by atoms with Crippen molar-refractivity contribution in [1.82, 2.24) is 41.5 Å². The fourth-order valence-electron chi connectivity index (χ4n) is 7.73. The molecule has 2 saturated carbocycles. The molecule has 2 aliphatic rings. The third kappa shape index (κ3) is 10.7. The summed E-state index contributed by atoms with van der Waals surface area (Å²) in [6.45, 7) is 2.35. The zero-order valence-electron chi connectivity index (χ0n) is 31.7. The van der Waals surface area contributed by atoms with Crippen LogP contribution in [0.25, 0.3) is 22.5 Å². The first-order valence-corrected chi connectivity index (χ1v) is 19.1. The Morgan fingerprint density at radius 3 is 2.18 bits per heavy atom. The molecule has 55 heavy (non-hydrogen) atoms. The van der Waals surface area contributed by atoms with Gasteiger partial charge in [-0.25, -0.2) is 4.79 Å². The predicted octanol–water partition coefficient (Wildman–Crippen LogP) is 5.18. The molecule has 1 heterocycles. The number of amides is 4. The van der Waals surface area contributed by atoms with Crippen molar-refractivity contribution in [3.63, 3.8) is 0 Å². The molecular weight excluding hydrogens is 699 g/mol. The normalized spacial score (nSPS) is 20.3. The van der Waals surface area contributed by atoms with E-state index >= 15 is 0 Å². The van der Waals surface area contributed by atoms with Crippen molar-refractivity contribution in [2.24, 2.45) is 11.8 Å². The van der Waals surface area contributed by atoms with Gasteiger partial charge >= 0.3 is 6.09 Å². The summed E-state index contributed by atoms with van der Waals surface area (Å²) in [7, 11) is 4.22. The molecule has 1 aromatic heterocycles. The zero-order valence-corrected chi connectivity index (χ0v) is 31.7. The molecular formula is C41H51N9O5. The highest BCUT2D eigenvalue weighted by Crippen LogP contribution is 2.29. The number of carbonyl (C=O) groups is 4. The topological polar surface area (TPSA) is 194 Å². The average Bonchev–Trinajstić information content (AvgIpc) is 3.73. The van der Waals surface area contributed by atoms with Crippen molar-refractivity contribution in [3.8, 4) is 22.5 Å². The van der Waals surface area contributed by atoms with Gasteiger partial charge in [-0.2, -0.15) is 5.21 Å². The summed E-state index contributed by atoms with van der Waals surface area (Å²) in [5.41, 5.74) is 5.63. The van der Waals surface area contributed by atoms with Crippen LogP contribution in [-0.4, -0.2) is 93.2 Å². The van der Waals surface area contributed by atoms with Gasteiger partial charge in [-0.3, -0.25) is 14.4 Å². The number of benzene rings is 3. The standard InChI is InChI=1S/C41H51N9O5/c1-25-20-31(23-32(21-25)39(52)43-34-16-18-35(19-17-34)50(2)3)28-8-4-26(5-9-28)22-36(45-38(51)30-10-6-27(7-11-30)24-42-41(54)55)40(53)44-33-14-12-29(13-15-33)37-46-48-49-47-37/h4-5,8-9,12-15,20-21,23,27,30,34-36,42H,6-7,10-11,16-19,22,24H2,1-3H3,(H,43,52)(H,44,53)(H,45,51)(H,54,55)(H,46,47,48,49)/t27?,30?,34-,35-,36-/m0/s1. The first-order chi connectivity index (χ1) is 26.5. The average molecular weight is 750 g/mol. The van der Waals surface area contributed by atoms with Crippen LogP contribution in [0.1, 0.15) is 72.9 Å². The SMILES string of the molecule is Cc1cc(C(=O)N[C@H]2CC[C@H](N(C)C)CC2)cc(-c2ccc(C[C@H](NC(=O)C3CCC(CNC(=O)O)CC3)C(=O)Nc3ccc(-c4nn[nH]n4)cc3)cc2)c1. The minimum atomic E-state index is -1.05. The fraction of sp³-hybridized carbons (Fsp3) is 0.439. The molecule has 4 aromatic rings. The molecule has 6 N–H and O–H groups in total. The number of aromatic nitrogens is 4. The summed E-state index contributed by atoms with van der Waals surface area (Å²) >= 11 is 0. The molecule has 0 unspecified atom stereocenters. The highest BCUT2D eigenvalue weighted by Gasteiger charge is 2.30. The molecule has 2 aliphatic carbocycles. The van der Waals surface area contributed by atoms with E-state index in [1.807, 2.05) is 43.3 Å². The number of aryl methyl sites for hydroxylation is 1. The molecule has 2 fully saturated rings. The highest BCUT2D eigenvalue weighted by molar-refractivity contribution is 5.98. The predicted molar refractivity (Wildman–Crippen MR) is 209 cm³/mol. The van der Waals surface area contributed by atoms with Crippen molar-refractivity contribution in [2.75, 3.05) is 26.0 Å². The van der Waals surface area contributed by atoms with E-state index in [2.05, 4.69) is 67.0 Å². The van der Waals surface area contributed by atoms with E-state index in [9.17, 15) is 19.2 Å². The van der Waals surface area contributed by atoms with E-state index in [-0.39, 0.29) is 42.0 Å². The lowest BCUT2D eigenvalue weighted by Gasteiger charge is -2.33. The lowest BCUT2D eigenvalue weighted by atomic mass is 9.81. The number of nitrogens with one attached hydrogen (secondary N) is 5. The fourth-order valence-corrected chi connectivity index (χ4v) is 7.73. The Morgan fingerprint density at radius 1 is 0.855 bits per heavy atom. The van der Waals surface area contributed by atoms with Gasteiger partial charge < -0.3 is 31.3 Å². The molecule has 290 valence electrons. The Bertz CT molecular complexity index is 1920. The molecule has 14 heteroatoms. The van der Waals surface area contributed by atoms with E-state index in [1.165, 1.54) is 0 Å². The number of aromatic amines is 1. The third-order valence-electron chi connectivity index (χ3n) is 11.0. The first-order valence-electron chi connectivity index (χ1n) is 19.1. The maximum atomic E-state index is 13.8. The van der Waals surface area contributed by atoms with Crippen LogP contribution in [0, 0.1) is 18.8 Å². The van der Waals surface area contributed by atoms with E-state index in [0.29, 0.717) is 42.5 Å². The first kappa shape index (κ1) is 39.1. The molecule has 6 rings (SSSR count). The van der Waals surface area contributed by atoms with Gasteiger partial charge in [0.15, 0.2) is 0 Å². The number of hydrogen-bond acceptors (Lipinski definition) is 8. The number of tetrazole rings is 1. The quantitative estimate of drug-likeness (QED) is 0.107. The van der Waals surface area contributed by atoms with Gasteiger partial charge in [0.05, 0.1) is 0 Å². The molecule has 0 radical (unpaired) electrons. The molecule has 0 aliphatic heterocycles. The number of nitrogens with zero attached hydrogens (tertiary/aromatic N) is 4. The van der Waals surface area contributed by atoms with Gasteiger partial charge in [-0.05, 0) is 142 Å². The van der Waals surface area contributed by atoms with Crippen LogP contribution in [0.3, 0.4) is 0 Å². The van der Waals surface area contributed by atoms with Crippen molar-refractivity contribution in [2.45, 2.75) is 82.8 Å². The van der Waals surface area contributed by atoms with Gasteiger partial charge in [0, 0.05) is 47.8 Å². The Hall–Kier alpha value is -5.63. The molecule has 1 atom stereocenters. The van der Waals surface area contributed by atoms with E-state index in [4.69, 9.17) is 5.11 Å². The molecule has 4 amide bonds. The summed E-state index contributed by atoms with van der Waals surface area (Å²) in [5.74, 6) is -0.259. The molecule has 14 nitrogen and oxygen atoms in total. The van der Waals surface area contributed by atoms with Crippen molar-refractivity contribution in [3.05, 3.63) is 83.4 Å². The minimum absolute atomic E-state index is 0.0608. The van der Waals surface area contributed by atoms with Gasteiger partial charge in [0.1, 0.15) is 6.04 Å². The largest absolute Gasteiger partial charge is 0.465 e. The number of anilines is 1. The third-order valence-corrected chi connectivity index (χ3v) is 11.0. The molecule has 0 bridgehead atoms. The lowest BCUT2D eigenvalue weighted by Crippen LogP contribution is -2.48. The van der Waals surface area contributed by atoms with E-state index in [1.54, 1.807) is 24.3 Å². The number of carbonyl (C=O) groups excluding carboxylic acids is 3. The second-order valence-corrected chi connectivity index (χ2v) is 15.2. The van der Waals surface area contributed by atoms with Crippen LogP contribution in [0.5, 0.6) is 0 Å². The number of rotatable bonds is 13. The summed E-state index contributed by atoms with van der Waals surface area (Å²) in [6.07, 6.45) is 5.97. The van der Waals surface area contributed by atoms with Gasteiger partial charge in [0.2, 0.25) is 17.6 Å². The second kappa shape index (κ2) is 18.1. The molecule has 0 spiro atoms. The van der Waals surface area contributed by atoms with Crippen LogP contribution in [0.4, 0.5) is 10.5 Å². The summed E-state index contributed by atoms with van der Waals surface area (Å²) in [5, 5.41) is 34.6. The summed E-state index contributed by atoms with van der Waals surface area (Å²) < 4.78 is 0. The second-order valence-electron chi connectivity index (χ2n) is 15.2. The number of hydrogen-bond donors (Lipinski definition) is 6. The van der Waals surface area contributed by atoms with Gasteiger partial charge in [-0.1, -0.05) is 30.3 Å². The van der Waals surface area contributed by atoms with Crippen molar-refractivity contribution in [1.29, 1.82) is 0 Å². The van der Waals surface area contributed by atoms with Crippen molar-refractivity contribution >= 4 is 29.5 Å². The Labute approximate surface area is 321 Å². The van der Waals surface area contributed by atoms with Gasteiger partial charge in [0.25, 0.3) is 5.91 Å². The minimum Gasteiger partial charge on any atom is -0.465 e. The Kier molecular flexibility index (Phi) is 12.9. The van der Waals surface area contributed by atoms with Crippen LogP contribution in [-0.2, 0) is 16.0 Å². The van der Waals surface area contributed by atoms with Crippen LogP contribution < -0.4 is 21.3 Å². The van der Waals surface area contributed by atoms with Crippen LogP contribution >= 0.6 is 0 Å². The van der Waals surface area contributed by atoms with Crippen molar-refractivity contribution < 1.29 is 24.3 Å². The summed E-state index contributed by atoms with van der Waals surface area (Å²) in [4.78, 5) is 53.9. The van der Waals surface area contributed by atoms with Crippen LogP contribution in [0.15, 0.2) is 66.7 Å². The maximum absolute atomic E-state index is 13.8.